The summed E-state index contributed by atoms with van der Waals surface area (Å²) in [5.74, 6) is -1.09. The molecule has 0 aromatic carbocycles. The molecule has 1 saturated carbocycles. The Balaban J connectivity index is 1.81. The predicted molar refractivity (Wildman–Crippen MR) is 135 cm³/mol. The summed E-state index contributed by atoms with van der Waals surface area (Å²) in [6.07, 6.45) is -0.0775. The van der Waals surface area contributed by atoms with Gasteiger partial charge in [-0.05, 0) is 65.9 Å². The number of alkyl halides is 3. The molecule has 2 aliphatic rings. The summed E-state index contributed by atoms with van der Waals surface area (Å²) >= 11 is 0.731. The SMILES string of the molecule is CC1CCCN1C(=O)c1nc(C(=O)NC2(CO)CCC2)sc1-c1cnc(NC(C)(C)C)cc1C(F)(F)F. The Morgan fingerprint density at radius 1 is 1.24 bits per heavy atom. The third-order valence-corrected chi connectivity index (χ3v) is 7.87. The Labute approximate surface area is 217 Å². The molecule has 1 aliphatic heterocycles. The van der Waals surface area contributed by atoms with Gasteiger partial charge in [-0.15, -0.1) is 11.3 Å². The fourth-order valence-corrected chi connectivity index (χ4v) is 5.64. The largest absolute Gasteiger partial charge is 0.417 e. The molecule has 4 rings (SSSR count). The number of hydrogen-bond acceptors (Lipinski definition) is 7. The molecule has 2 fully saturated rings. The van der Waals surface area contributed by atoms with E-state index in [2.05, 4.69) is 20.6 Å². The van der Waals surface area contributed by atoms with Crippen molar-refractivity contribution in [2.24, 2.45) is 0 Å². The van der Waals surface area contributed by atoms with Gasteiger partial charge < -0.3 is 20.6 Å². The molecule has 0 spiro atoms. The van der Waals surface area contributed by atoms with Crippen molar-refractivity contribution in [2.75, 3.05) is 18.5 Å². The lowest BCUT2D eigenvalue weighted by atomic mass is 9.77. The highest BCUT2D eigenvalue weighted by Crippen LogP contribution is 2.42. The summed E-state index contributed by atoms with van der Waals surface area (Å²) in [6, 6.07) is 0.826. The van der Waals surface area contributed by atoms with Crippen LogP contribution in [0.5, 0.6) is 0 Å². The van der Waals surface area contributed by atoms with Crippen LogP contribution in [0, 0.1) is 0 Å². The van der Waals surface area contributed by atoms with E-state index in [1.165, 1.54) is 0 Å². The van der Waals surface area contributed by atoms with Crippen LogP contribution in [0.3, 0.4) is 0 Å². The number of aliphatic hydroxyl groups excluding tert-OH is 1. The van der Waals surface area contributed by atoms with Crippen molar-refractivity contribution < 1.29 is 27.9 Å². The Morgan fingerprint density at radius 3 is 2.46 bits per heavy atom. The molecule has 1 aliphatic carbocycles. The van der Waals surface area contributed by atoms with Crippen molar-refractivity contribution in [3.05, 3.63) is 28.5 Å². The van der Waals surface area contributed by atoms with Gasteiger partial charge >= 0.3 is 6.18 Å². The van der Waals surface area contributed by atoms with Crippen molar-refractivity contribution in [1.82, 2.24) is 20.2 Å². The molecule has 202 valence electrons. The van der Waals surface area contributed by atoms with Crippen LogP contribution in [0.25, 0.3) is 10.4 Å². The Hall–Kier alpha value is -2.73. The molecule has 0 radical (unpaired) electrons. The van der Waals surface area contributed by atoms with E-state index in [1.54, 1.807) is 25.7 Å². The van der Waals surface area contributed by atoms with Gasteiger partial charge in [-0.3, -0.25) is 9.59 Å². The first-order chi connectivity index (χ1) is 17.2. The normalized spacial score (nSPS) is 19.5. The van der Waals surface area contributed by atoms with E-state index in [0.29, 0.717) is 19.4 Å². The number of pyridine rings is 1. The summed E-state index contributed by atoms with van der Waals surface area (Å²) < 4.78 is 42.8. The molecular formula is C25H32F3N5O3S. The van der Waals surface area contributed by atoms with Crippen molar-refractivity contribution >= 4 is 29.0 Å². The smallest absolute Gasteiger partial charge is 0.394 e. The van der Waals surface area contributed by atoms with E-state index in [9.17, 15) is 27.9 Å². The topological polar surface area (TPSA) is 107 Å². The fourth-order valence-electron chi connectivity index (χ4n) is 4.66. The number of nitrogens with zero attached hydrogens (tertiary/aromatic N) is 3. The monoisotopic (exact) mass is 539 g/mol. The number of aromatic nitrogens is 2. The van der Waals surface area contributed by atoms with E-state index >= 15 is 0 Å². The number of aliphatic hydroxyl groups is 1. The lowest BCUT2D eigenvalue weighted by Gasteiger charge is -2.40. The van der Waals surface area contributed by atoms with E-state index in [4.69, 9.17) is 0 Å². The number of hydrogen-bond donors (Lipinski definition) is 3. The highest BCUT2D eigenvalue weighted by molar-refractivity contribution is 7.17. The molecule has 0 bridgehead atoms. The third-order valence-electron chi connectivity index (χ3n) is 6.79. The quantitative estimate of drug-likeness (QED) is 0.491. The molecule has 1 saturated heterocycles. The third kappa shape index (κ3) is 5.74. The minimum absolute atomic E-state index is 0.0435. The zero-order valence-corrected chi connectivity index (χ0v) is 22.1. The maximum atomic E-state index is 14.3. The molecule has 8 nitrogen and oxygen atoms in total. The van der Waals surface area contributed by atoms with E-state index < -0.39 is 34.6 Å². The van der Waals surface area contributed by atoms with Crippen LogP contribution in [0.15, 0.2) is 12.3 Å². The van der Waals surface area contributed by atoms with E-state index in [-0.39, 0.29) is 39.6 Å². The van der Waals surface area contributed by atoms with Crippen molar-refractivity contribution in [3.8, 4) is 10.4 Å². The summed E-state index contributed by atoms with van der Waals surface area (Å²) in [7, 11) is 0. The van der Waals surface area contributed by atoms with Crippen LogP contribution in [-0.2, 0) is 6.18 Å². The van der Waals surface area contributed by atoms with Gasteiger partial charge in [-0.2, -0.15) is 13.2 Å². The van der Waals surface area contributed by atoms with Crippen LogP contribution in [0.2, 0.25) is 0 Å². The molecule has 2 amide bonds. The van der Waals surface area contributed by atoms with Gasteiger partial charge in [-0.1, -0.05) is 0 Å². The molecule has 2 aromatic rings. The summed E-state index contributed by atoms with van der Waals surface area (Å²) in [5, 5.41) is 15.3. The van der Waals surface area contributed by atoms with Crippen molar-refractivity contribution in [1.29, 1.82) is 0 Å². The van der Waals surface area contributed by atoms with E-state index in [1.807, 2.05) is 6.92 Å². The zero-order chi connectivity index (χ0) is 27.2. The van der Waals surface area contributed by atoms with Gasteiger partial charge in [0, 0.05) is 29.9 Å². The second-order valence-corrected chi connectivity index (χ2v) is 11.9. The van der Waals surface area contributed by atoms with Crippen molar-refractivity contribution in [3.63, 3.8) is 0 Å². The molecule has 3 heterocycles. The van der Waals surface area contributed by atoms with Crippen molar-refractivity contribution in [2.45, 2.75) is 83.1 Å². The molecule has 37 heavy (non-hydrogen) atoms. The summed E-state index contributed by atoms with van der Waals surface area (Å²) in [6.45, 7) is 7.50. The van der Waals surface area contributed by atoms with Gasteiger partial charge in [0.2, 0.25) is 0 Å². The average molecular weight is 540 g/mol. The molecule has 1 atom stereocenters. The van der Waals surface area contributed by atoms with Gasteiger partial charge in [-0.25, -0.2) is 9.97 Å². The number of anilines is 1. The zero-order valence-electron chi connectivity index (χ0n) is 21.3. The van der Waals surface area contributed by atoms with Gasteiger partial charge in [0.05, 0.1) is 22.6 Å². The Kier molecular flexibility index (Phi) is 7.28. The molecule has 1 unspecified atom stereocenters. The maximum absolute atomic E-state index is 14.3. The minimum atomic E-state index is -4.74. The number of likely N-dealkylation sites (tertiary alicyclic amines) is 1. The number of carbonyl (C=O) groups excluding carboxylic acids is 2. The maximum Gasteiger partial charge on any atom is 0.417 e. The Morgan fingerprint density at radius 2 is 1.95 bits per heavy atom. The van der Waals surface area contributed by atoms with E-state index in [0.717, 1.165) is 42.9 Å². The molecule has 12 heteroatoms. The lowest BCUT2D eigenvalue weighted by molar-refractivity contribution is -0.137. The highest BCUT2D eigenvalue weighted by Gasteiger charge is 2.41. The summed E-state index contributed by atoms with van der Waals surface area (Å²) in [5.41, 5.74) is -2.77. The minimum Gasteiger partial charge on any atom is -0.394 e. The molecule has 3 N–H and O–H groups in total. The first-order valence-corrected chi connectivity index (χ1v) is 13.2. The van der Waals surface area contributed by atoms with Gasteiger partial charge in [0.1, 0.15) is 11.5 Å². The summed E-state index contributed by atoms with van der Waals surface area (Å²) in [4.78, 5) is 36.5. The lowest BCUT2D eigenvalue weighted by Crippen LogP contribution is -2.56. The van der Waals surface area contributed by atoms with Gasteiger partial charge in [0.15, 0.2) is 5.01 Å². The first-order valence-electron chi connectivity index (χ1n) is 12.3. The van der Waals surface area contributed by atoms with Crippen LogP contribution < -0.4 is 10.6 Å². The van der Waals surface area contributed by atoms with Crippen LogP contribution in [0.4, 0.5) is 19.0 Å². The predicted octanol–water partition coefficient (Wildman–Crippen LogP) is 4.70. The van der Waals surface area contributed by atoms with Gasteiger partial charge in [0.25, 0.3) is 11.8 Å². The van der Waals surface area contributed by atoms with Crippen LogP contribution in [-0.4, -0.2) is 62.1 Å². The molecule has 2 aromatic heterocycles. The molecular weight excluding hydrogens is 507 g/mol. The number of thiazole rings is 1. The van der Waals surface area contributed by atoms with Crippen LogP contribution in [0.1, 0.15) is 85.7 Å². The number of amides is 2. The second kappa shape index (κ2) is 9.86. The number of halogens is 3. The number of nitrogens with one attached hydrogen (secondary N) is 2. The number of carbonyl (C=O) groups is 2. The number of rotatable bonds is 6. The highest BCUT2D eigenvalue weighted by atomic mass is 32.1. The van der Waals surface area contributed by atoms with Crippen LogP contribution >= 0.6 is 11.3 Å². The standard InChI is InChI=1S/C25H32F3N5O3S/c1-14-7-5-10-33(14)22(36)18-19(37-21(30-18)20(35)32-24(13-34)8-6-9-24)15-12-29-17(31-23(2,3)4)11-16(15)25(26,27)28/h11-12,14,34H,5-10,13H2,1-4H3,(H,29,31)(H,32,35). The second-order valence-electron chi connectivity index (χ2n) is 10.9. The first kappa shape index (κ1) is 27.3. The Bertz CT molecular complexity index is 1180. The average Bonchev–Trinajstić information content (AvgIpc) is 3.41. The fraction of sp³-hybridized carbons (Fsp3) is 0.600.